The molecule has 1 atom stereocenters. The van der Waals surface area contributed by atoms with Gasteiger partial charge in [-0.2, -0.15) is 0 Å². The third-order valence-corrected chi connectivity index (χ3v) is 4.09. The number of ketones is 2. The number of carbonyl (C=O) groups excluding carboxylic acids is 3. The molecule has 2 aromatic rings. The summed E-state index contributed by atoms with van der Waals surface area (Å²) in [5, 5.41) is 0. The third-order valence-electron chi connectivity index (χ3n) is 4.09. The molecule has 1 aliphatic carbocycles. The van der Waals surface area contributed by atoms with Gasteiger partial charge in [0.25, 0.3) is 0 Å². The molecular weight excluding hydrogens is 268 g/mol. The van der Waals surface area contributed by atoms with Crippen molar-refractivity contribution in [1.29, 1.82) is 0 Å². The van der Waals surface area contributed by atoms with Crippen LogP contribution < -0.4 is 0 Å². The molecule has 2 aliphatic rings. The molecule has 4 heteroatoms. The quantitative estimate of drug-likeness (QED) is 0.547. The number of ether oxygens (including phenoxy) is 1. The highest BCUT2D eigenvalue weighted by atomic mass is 16.6. The number of benzene rings is 2. The van der Waals surface area contributed by atoms with Crippen molar-refractivity contribution in [2.75, 3.05) is 0 Å². The van der Waals surface area contributed by atoms with E-state index in [-0.39, 0.29) is 17.5 Å². The first-order chi connectivity index (χ1) is 10.1. The summed E-state index contributed by atoms with van der Waals surface area (Å²) in [6.07, 6.45) is 0.112. The second kappa shape index (κ2) is 3.88. The van der Waals surface area contributed by atoms with E-state index in [1.165, 1.54) is 6.07 Å². The zero-order valence-electron chi connectivity index (χ0n) is 11.0. The minimum atomic E-state index is -1.71. The predicted molar refractivity (Wildman–Crippen MR) is 73.4 cm³/mol. The zero-order chi connectivity index (χ0) is 14.6. The van der Waals surface area contributed by atoms with E-state index in [1.54, 1.807) is 42.5 Å². The molecule has 2 aromatic carbocycles. The van der Waals surface area contributed by atoms with E-state index < -0.39 is 23.1 Å². The van der Waals surface area contributed by atoms with Crippen LogP contribution in [0.4, 0.5) is 0 Å². The van der Waals surface area contributed by atoms with Crippen molar-refractivity contribution < 1.29 is 19.1 Å². The second-order valence-electron chi connectivity index (χ2n) is 5.25. The van der Waals surface area contributed by atoms with Gasteiger partial charge < -0.3 is 4.74 Å². The molecule has 0 aromatic heterocycles. The van der Waals surface area contributed by atoms with Crippen LogP contribution in [0.15, 0.2) is 48.5 Å². The number of fused-ring (bicyclic) bond motifs is 2. The van der Waals surface area contributed by atoms with Crippen LogP contribution in [0.2, 0.25) is 0 Å². The van der Waals surface area contributed by atoms with Crippen LogP contribution >= 0.6 is 0 Å². The molecule has 0 saturated heterocycles. The van der Waals surface area contributed by atoms with Crippen LogP contribution in [0.5, 0.6) is 0 Å². The fraction of sp³-hybridized carbons (Fsp3) is 0.118. The van der Waals surface area contributed by atoms with Crippen LogP contribution in [0.1, 0.15) is 36.6 Å². The van der Waals surface area contributed by atoms with Gasteiger partial charge in [0.05, 0.1) is 5.56 Å². The average Bonchev–Trinajstić information content (AvgIpc) is 2.79. The largest absolute Gasteiger partial charge is 0.438 e. The Labute approximate surface area is 120 Å². The summed E-state index contributed by atoms with van der Waals surface area (Å²) in [4.78, 5) is 37.6. The van der Waals surface area contributed by atoms with Gasteiger partial charge in [-0.05, 0) is 11.6 Å². The Hall–Kier alpha value is -2.75. The average molecular weight is 278 g/mol. The molecule has 0 saturated carbocycles. The number of Topliss-reactive ketones (excluding diaryl/α,β-unsaturated/α-hetero) is 2. The topological polar surface area (TPSA) is 60.4 Å². The second-order valence-corrected chi connectivity index (χ2v) is 5.25. The molecule has 1 aliphatic heterocycles. The molecule has 0 amide bonds. The summed E-state index contributed by atoms with van der Waals surface area (Å²) in [6, 6.07) is 13.4. The van der Waals surface area contributed by atoms with Crippen molar-refractivity contribution in [1.82, 2.24) is 0 Å². The van der Waals surface area contributed by atoms with Crippen LogP contribution in [-0.2, 0) is 11.2 Å². The molecule has 1 spiro atoms. The smallest absolute Gasteiger partial charge is 0.340 e. The van der Waals surface area contributed by atoms with Crippen LogP contribution in [0.25, 0.3) is 0 Å². The highest BCUT2D eigenvalue weighted by Gasteiger charge is 2.57. The summed E-state index contributed by atoms with van der Waals surface area (Å²) in [6.45, 7) is 0. The number of esters is 1. The Bertz CT molecular complexity index is 821. The Morgan fingerprint density at radius 2 is 1.33 bits per heavy atom. The van der Waals surface area contributed by atoms with Gasteiger partial charge in [0.15, 0.2) is 0 Å². The lowest BCUT2D eigenvalue weighted by Crippen LogP contribution is -2.52. The van der Waals surface area contributed by atoms with Gasteiger partial charge in [-0.3, -0.25) is 9.59 Å². The van der Waals surface area contributed by atoms with E-state index in [4.69, 9.17) is 4.74 Å². The van der Waals surface area contributed by atoms with E-state index in [0.29, 0.717) is 5.56 Å². The summed E-state index contributed by atoms with van der Waals surface area (Å²) >= 11 is 0. The zero-order valence-corrected chi connectivity index (χ0v) is 11.0. The van der Waals surface area contributed by atoms with E-state index >= 15 is 0 Å². The number of hydrogen-bond acceptors (Lipinski definition) is 4. The maximum atomic E-state index is 12.8. The standard InChI is InChI=1S/C17H10O4/c18-14-11-6-2-1-5-10(11)9-17(14)15(19)12-7-3-4-8-13(12)16(20)21-17/h1-8H,9H2/t17-/m1/s1. The number of carbonyl (C=O) groups is 3. The monoisotopic (exact) mass is 278 g/mol. The lowest BCUT2D eigenvalue weighted by Gasteiger charge is -2.30. The van der Waals surface area contributed by atoms with Crippen molar-refractivity contribution in [3.05, 3.63) is 70.8 Å². The number of rotatable bonds is 0. The van der Waals surface area contributed by atoms with Crippen LogP contribution in [0.3, 0.4) is 0 Å². The molecule has 21 heavy (non-hydrogen) atoms. The maximum absolute atomic E-state index is 12.8. The van der Waals surface area contributed by atoms with Crippen LogP contribution in [0, 0.1) is 0 Å². The van der Waals surface area contributed by atoms with Gasteiger partial charge in [-0.25, -0.2) is 4.79 Å². The number of hydrogen-bond donors (Lipinski definition) is 0. The fourth-order valence-electron chi connectivity index (χ4n) is 3.06. The van der Waals surface area contributed by atoms with Gasteiger partial charge in [0.1, 0.15) is 0 Å². The minimum Gasteiger partial charge on any atom is -0.438 e. The van der Waals surface area contributed by atoms with Crippen molar-refractivity contribution in [3.8, 4) is 0 Å². The lowest BCUT2D eigenvalue weighted by atomic mass is 9.84. The van der Waals surface area contributed by atoms with Gasteiger partial charge in [0.2, 0.25) is 17.2 Å². The minimum absolute atomic E-state index is 0.112. The maximum Gasteiger partial charge on any atom is 0.340 e. The normalized spacial score (nSPS) is 23.0. The Morgan fingerprint density at radius 3 is 2.05 bits per heavy atom. The van der Waals surface area contributed by atoms with Gasteiger partial charge in [-0.15, -0.1) is 0 Å². The highest BCUT2D eigenvalue weighted by Crippen LogP contribution is 2.39. The fourth-order valence-corrected chi connectivity index (χ4v) is 3.06. The molecule has 0 N–H and O–H groups in total. The first-order valence-electron chi connectivity index (χ1n) is 6.63. The van der Waals surface area contributed by atoms with E-state index in [0.717, 1.165) is 5.56 Å². The summed E-state index contributed by atoms with van der Waals surface area (Å²) in [5.41, 5.74) is -0.0392. The van der Waals surface area contributed by atoms with Crippen molar-refractivity contribution >= 4 is 17.5 Å². The Balaban J connectivity index is 1.91. The molecule has 102 valence electrons. The van der Waals surface area contributed by atoms with E-state index in [1.807, 2.05) is 0 Å². The Kier molecular flexibility index (Phi) is 2.22. The summed E-state index contributed by atoms with van der Waals surface area (Å²) in [7, 11) is 0. The van der Waals surface area contributed by atoms with Gasteiger partial charge in [-0.1, -0.05) is 42.5 Å². The van der Waals surface area contributed by atoms with Gasteiger partial charge >= 0.3 is 5.97 Å². The molecule has 0 fully saturated rings. The Morgan fingerprint density at radius 1 is 0.762 bits per heavy atom. The van der Waals surface area contributed by atoms with E-state index in [9.17, 15) is 14.4 Å². The predicted octanol–water partition coefficient (Wildman–Crippen LogP) is 2.22. The molecular formula is C17H10O4. The molecule has 0 unspecified atom stereocenters. The molecule has 0 bridgehead atoms. The molecule has 4 nitrogen and oxygen atoms in total. The molecule has 0 radical (unpaired) electrons. The first kappa shape index (κ1) is 12.0. The SMILES string of the molecule is O=C1O[C@@]2(Cc3ccccc3C2=O)C(=O)c2ccccc21. The van der Waals surface area contributed by atoms with Crippen LogP contribution in [-0.4, -0.2) is 23.1 Å². The first-order valence-corrected chi connectivity index (χ1v) is 6.63. The lowest BCUT2D eigenvalue weighted by molar-refractivity contribution is -0.00459. The highest BCUT2D eigenvalue weighted by molar-refractivity contribution is 6.29. The summed E-state index contributed by atoms with van der Waals surface area (Å²) < 4.78 is 5.33. The van der Waals surface area contributed by atoms with Crippen molar-refractivity contribution in [2.24, 2.45) is 0 Å². The van der Waals surface area contributed by atoms with Gasteiger partial charge in [0, 0.05) is 17.5 Å². The molecule has 4 rings (SSSR count). The van der Waals surface area contributed by atoms with E-state index in [2.05, 4.69) is 0 Å². The van der Waals surface area contributed by atoms with Crippen molar-refractivity contribution in [2.45, 2.75) is 12.0 Å². The van der Waals surface area contributed by atoms with Crippen molar-refractivity contribution in [3.63, 3.8) is 0 Å². The third kappa shape index (κ3) is 1.41. The molecule has 1 heterocycles. The summed E-state index contributed by atoms with van der Waals surface area (Å²) in [5.74, 6) is -1.48.